The summed E-state index contributed by atoms with van der Waals surface area (Å²) in [5.74, 6) is -0.322. The highest BCUT2D eigenvalue weighted by Gasteiger charge is 2.26. The number of esters is 1. The molecule has 0 aliphatic heterocycles. The van der Waals surface area contributed by atoms with Gasteiger partial charge in [0.2, 0.25) is 0 Å². The average Bonchev–Trinajstić information content (AvgIpc) is 3.27. The third-order valence-corrected chi connectivity index (χ3v) is 12.2. The zero-order valence-electron chi connectivity index (χ0n) is 43.0. The summed E-state index contributed by atoms with van der Waals surface area (Å²) in [5.41, 5.74) is 0. The molecule has 0 spiro atoms. The second-order valence-corrected chi connectivity index (χ2v) is 20.3. The van der Waals surface area contributed by atoms with Gasteiger partial charge >= 0.3 is 13.8 Å². The van der Waals surface area contributed by atoms with E-state index in [1.807, 2.05) is 21.1 Å². The third kappa shape index (κ3) is 52.8. The molecule has 378 valence electrons. The van der Waals surface area contributed by atoms with Gasteiger partial charge in [-0.25, -0.2) is 4.57 Å². The zero-order valence-corrected chi connectivity index (χ0v) is 43.9. The number of allylic oxidation sites excluding steroid dienone is 12. The van der Waals surface area contributed by atoms with Crippen LogP contribution in [0.3, 0.4) is 0 Å². The minimum atomic E-state index is -4.29. The van der Waals surface area contributed by atoms with E-state index in [2.05, 4.69) is 86.8 Å². The van der Waals surface area contributed by atoms with Crippen molar-refractivity contribution in [3.63, 3.8) is 0 Å². The van der Waals surface area contributed by atoms with Crippen LogP contribution in [0.4, 0.5) is 0 Å². The molecule has 65 heavy (non-hydrogen) atoms. The molecular weight excluding hydrogens is 830 g/mol. The summed E-state index contributed by atoms with van der Waals surface area (Å²) >= 11 is 0. The highest BCUT2D eigenvalue weighted by Crippen LogP contribution is 2.43. The van der Waals surface area contributed by atoms with Crippen LogP contribution in [-0.4, -0.2) is 75.6 Å². The molecule has 0 aromatic heterocycles. The minimum Gasteiger partial charge on any atom is -0.457 e. The number of phosphoric ester groups is 1. The number of hydrogen-bond acceptors (Lipinski definition) is 6. The van der Waals surface area contributed by atoms with Gasteiger partial charge in [0.15, 0.2) is 0 Å². The van der Waals surface area contributed by atoms with Gasteiger partial charge in [-0.15, -0.1) is 0 Å². The van der Waals surface area contributed by atoms with Crippen molar-refractivity contribution in [3.8, 4) is 0 Å². The lowest BCUT2D eigenvalue weighted by Crippen LogP contribution is -2.37. The fourth-order valence-electron chi connectivity index (χ4n) is 7.16. The van der Waals surface area contributed by atoms with E-state index in [0.29, 0.717) is 24.1 Å². The topological polar surface area (TPSA) is 91.3 Å². The Morgan fingerprint density at radius 3 is 1.35 bits per heavy atom. The number of unbranched alkanes of at least 4 members (excludes halogenated alkanes) is 23. The Balaban J connectivity index is 4.14. The molecule has 0 amide bonds. The molecule has 8 nitrogen and oxygen atoms in total. The normalized spacial score (nSPS) is 14.1. The van der Waals surface area contributed by atoms with Crippen LogP contribution in [0.5, 0.6) is 0 Å². The van der Waals surface area contributed by atoms with Crippen LogP contribution in [-0.2, 0) is 27.9 Å². The summed E-state index contributed by atoms with van der Waals surface area (Å²) in [5, 5.41) is 0. The predicted octanol–water partition coefficient (Wildman–Crippen LogP) is 16.6. The Hall–Kier alpha value is -2.06. The molecule has 0 aromatic carbocycles. The van der Waals surface area contributed by atoms with Crippen molar-refractivity contribution in [1.29, 1.82) is 0 Å². The van der Waals surface area contributed by atoms with Crippen LogP contribution in [0, 0.1) is 0 Å². The maximum atomic E-state index is 12.8. The average molecular weight is 933 g/mol. The molecule has 0 aliphatic rings. The standard InChI is InChI=1S/C56H102NO7P/c1-6-8-10-12-14-16-18-20-22-24-26-27-28-29-30-31-32-33-35-37-39-41-43-45-47-49-56(58)64-55(54-63-65(59,60)62-52-50-57(3,4)5)53-61-51-48-46-44-42-40-38-36-34-25-23-21-19-17-15-13-11-9-7-2/h8,10,14,16,20-23,26-27,29-30,55H,6-7,9,11-13,15,17-19,24-25,28,31-54H2,1-5H3/p+1/b10-8-,16-14-,22-20-,23-21-,27-26-,30-29-. The van der Waals surface area contributed by atoms with E-state index in [1.165, 1.54) is 128 Å². The molecule has 1 N–H and O–H groups in total. The zero-order chi connectivity index (χ0) is 47.6. The number of rotatable bonds is 49. The number of hydrogen-bond donors (Lipinski definition) is 1. The molecule has 2 atom stereocenters. The summed E-state index contributed by atoms with van der Waals surface area (Å²) in [6.45, 7) is 5.50. The molecule has 0 heterocycles. The van der Waals surface area contributed by atoms with Gasteiger partial charge in [-0.1, -0.05) is 202 Å². The molecule has 0 aliphatic carbocycles. The Labute approximate surface area is 402 Å². The highest BCUT2D eigenvalue weighted by molar-refractivity contribution is 7.47. The number of quaternary nitrogens is 1. The lowest BCUT2D eigenvalue weighted by atomic mass is 10.1. The molecular formula is C56H103NO7P+. The van der Waals surface area contributed by atoms with Gasteiger partial charge < -0.3 is 18.9 Å². The Morgan fingerprint density at radius 2 is 0.892 bits per heavy atom. The van der Waals surface area contributed by atoms with E-state index in [-0.39, 0.29) is 25.8 Å². The fourth-order valence-corrected chi connectivity index (χ4v) is 7.90. The Bertz CT molecular complexity index is 1270. The van der Waals surface area contributed by atoms with Gasteiger partial charge in [-0.3, -0.25) is 13.8 Å². The lowest BCUT2D eigenvalue weighted by molar-refractivity contribution is -0.870. The number of carbonyl (C=O) groups excluding carboxylic acids is 1. The molecule has 0 aromatic rings. The molecule has 0 saturated carbocycles. The Morgan fingerprint density at radius 1 is 0.492 bits per heavy atom. The van der Waals surface area contributed by atoms with Gasteiger partial charge in [-0.05, 0) is 83.5 Å². The first kappa shape index (κ1) is 62.9. The summed E-state index contributed by atoms with van der Waals surface area (Å²) in [6.07, 6.45) is 63.7. The van der Waals surface area contributed by atoms with E-state index in [4.69, 9.17) is 18.5 Å². The van der Waals surface area contributed by atoms with E-state index in [0.717, 1.165) is 70.6 Å². The van der Waals surface area contributed by atoms with Gasteiger partial charge in [0.05, 0.1) is 34.4 Å². The van der Waals surface area contributed by atoms with E-state index in [1.54, 1.807) is 0 Å². The molecule has 0 fully saturated rings. The molecule has 0 radical (unpaired) electrons. The fraction of sp³-hybridized carbons (Fsp3) is 0.768. The maximum Gasteiger partial charge on any atom is 0.472 e. The van der Waals surface area contributed by atoms with Gasteiger partial charge in [0, 0.05) is 13.0 Å². The molecule has 0 saturated heterocycles. The van der Waals surface area contributed by atoms with Crippen molar-refractivity contribution >= 4 is 13.8 Å². The third-order valence-electron chi connectivity index (χ3n) is 11.3. The lowest BCUT2D eigenvalue weighted by Gasteiger charge is -2.24. The molecule has 9 heteroatoms. The summed E-state index contributed by atoms with van der Waals surface area (Å²) in [6, 6.07) is 0. The van der Waals surface area contributed by atoms with Crippen LogP contribution in [0.1, 0.15) is 219 Å². The smallest absolute Gasteiger partial charge is 0.457 e. The first-order chi connectivity index (χ1) is 31.6. The molecule has 2 unspecified atom stereocenters. The van der Waals surface area contributed by atoms with Crippen LogP contribution < -0.4 is 0 Å². The number of carbonyl (C=O) groups is 1. The Kier molecular flexibility index (Phi) is 46.9. The maximum absolute atomic E-state index is 12.8. The minimum absolute atomic E-state index is 0.0841. The van der Waals surface area contributed by atoms with E-state index < -0.39 is 13.9 Å². The largest absolute Gasteiger partial charge is 0.472 e. The second-order valence-electron chi connectivity index (χ2n) is 18.9. The summed E-state index contributed by atoms with van der Waals surface area (Å²) in [4.78, 5) is 23.0. The summed E-state index contributed by atoms with van der Waals surface area (Å²) in [7, 11) is 1.66. The second kappa shape index (κ2) is 48.4. The number of ether oxygens (including phenoxy) is 2. The van der Waals surface area contributed by atoms with Crippen LogP contribution >= 0.6 is 7.82 Å². The first-order valence-electron chi connectivity index (χ1n) is 26.7. The number of phosphoric acid groups is 1. The van der Waals surface area contributed by atoms with Gasteiger partial charge in [-0.2, -0.15) is 0 Å². The van der Waals surface area contributed by atoms with Crippen molar-refractivity contribution in [2.45, 2.75) is 225 Å². The molecule has 0 bridgehead atoms. The first-order valence-corrected chi connectivity index (χ1v) is 28.2. The van der Waals surface area contributed by atoms with Crippen LogP contribution in [0.15, 0.2) is 72.9 Å². The van der Waals surface area contributed by atoms with Crippen molar-refractivity contribution in [3.05, 3.63) is 72.9 Å². The molecule has 0 rings (SSSR count). The van der Waals surface area contributed by atoms with Gasteiger partial charge in [0.25, 0.3) is 0 Å². The van der Waals surface area contributed by atoms with E-state index in [9.17, 15) is 14.3 Å². The van der Waals surface area contributed by atoms with Crippen molar-refractivity contribution in [2.75, 3.05) is 54.1 Å². The van der Waals surface area contributed by atoms with Crippen molar-refractivity contribution in [2.24, 2.45) is 0 Å². The van der Waals surface area contributed by atoms with E-state index >= 15 is 0 Å². The monoisotopic (exact) mass is 933 g/mol. The quantitative estimate of drug-likeness (QED) is 0.0214. The van der Waals surface area contributed by atoms with Crippen LogP contribution in [0.2, 0.25) is 0 Å². The number of nitrogens with zero attached hydrogens (tertiary/aromatic N) is 1. The van der Waals surface area contributed by atoms with Crippen LogP contribution in [0.25, 0.3) is 0 Å². The van der Waals surface area contributed by atoms with Crippen molar-refractivity contribution in [1.82, 2.24) is 0 Å². The van der Waals surface area contributed by atoms with Gasteiger partial charge in [0.1, 0.15) is 19.3 Å². The summed E-state index contributed by atoms with van der Waals surface area (Å²) < 4.78 is 35.2. The predicted molar refractivity (Wildman–Crippen MR) is 279 cm³/mol. The van der Waals surface area contributed by atoms with Crippen molar-refractivity contribution < 1.29 is 37.3 Å². The number of likely N-dealkylation sites (N-methyl/N-ethyl adjacent to an activating group) is 1. The SMILES string of the molecule is CC/C=C\C/C=C\C/C=C\C/C=C\C/C=C\CCCCCCCCCCCC(=O)OC(COCCCCCCCCCC/C=C\CCCCCCCC)COP(=O)(O)OCC[N+](C)(C)C. The highest BCUT2D eigenvalue weighted by atomic mass is 31.2.